The van der Waals surface area contributed by atoms with Gasteiger partial charge in [0.2, 0.25) is 17.3 Å². The molecule has 0 radical (unpaired) electrons. The lowest BCUT2D eigenvalue weighted by Gasteiger charge is -2.35. The van der Waals surface area contributed by atoms with Crippen LogP contribution in [-0.4, -0.2) is 36.1 Å². The molecule has 0 unspecified atom stereocenters. The zero-order chi connectivity index (χ0) is 18.4. The molecule has 1 saturated heterocycles. The van der Waals surface area contributed by atoms with Gasteiger partial charge in [-0.05, 0) is 42.3 Å². The van der Waals surface area contributed by atoms with Crippen LogP contribution in [0.5, 0.6) is 0 Å². The van der Waals surface area contributed by atoms with E-state index in [9.17, 15) is 4.79 Å². The van der Waals surface area contributed by atoms with Crippen LogP contribution in [0.4, 0.5) is 11.8 Å². The largest absolute Gasteiger partial charge is 0.438 e. The summed E-state index contributed by atoms with van der Waals surface area (Å²) in [5.41, 5.74) is 2.44. The monoisotopic (exact) mass is 434 g/mol. The number of aromatic nitrogens is 2. The number of piperazine rings is 1. The summed E-state index contributed by atoms with van der Waals surface area (Å²) in [6.07, 6.45) is 3.67. The molecule has 0 saturated carbocycles. The predicted molar refractivity (Wildman–Crippen MR) is 109 cm³/mol. The van der Waals surface area contributed by atoms with Crippen molar-refractivity contribution in [3.05, 3.63) is 43.1 Å². The summed E-state index contributed by atoms with van der Waals surface area (Å²) < 4.78 is 7.72. The van der Waals surface area contributed by atoms with Gasteiger partial charge in [0.05, 0.1) is 10.0 Å². The van der Waals surface area contributed by atoms with Crippen LogP contribution in [0.3, 0.4) is 0 Å². The molecule has 4 heterocycles. The molecule has 1 fully saturated rings. The summed E-state index contributed by atoms with van der Waals surface area (Å²) in [5, 5.41) is 0. The van der Waals surface area contributed by atoms with Crippen molar-refractivity contribution in [2.75, 3.05) is 36.0 Å². The van der Waals surface area contributed by atoms with Gasteiger partial charge in [0, 0.05) is 43.4 Å². The minimum Gasteiger partial charge on any atom is -0.438 e. The van der Waals surface area contributed by atoms with Crippen LogP contribution in [0.2, 0.25) is 0 Å². The molecule has 1 aliphatic heterocycles. The molecule has 0 spiro atoms. The molecule has 26 heavy (non-hydrogen) atoms. The summed E-state index contributed by atoms with van der Waals surface area (Å²) >= 11 is 5.03. The van der Waals surface area contributed by atoms with Gasteiger partial charge in [-0.15, -0.1) is 11.3 Å². The molecule has 4 rings (SSSR count). The van der Waals surface area contributed by atoms with Crippen molar-refractivity contribution in [2.45, 2.75) is 20.8 Å². The van der Waals surface area contributed by atoms with Crippen molar-refractivity contribution in [1.29, 1.82) is 0 Å². The highest BCUT2D eigenvalue weighted by Crippen LogP contribution is 2.36. The zero-order valence-electron chi connectivity index (χ0n) is 14.9. The van der Waals surface area contributed by atoms with Crippen molar-refractivity contribution in [3.8, 4) is 0 Å². The van der Waals surface area contributed by atoms with E-state index in [1.54, 1.807) is 0 Å². The van der Waals surface area contributed by atoms with E-state index in [0.717, 1.165) is 47.0 Å². The van der Waals surface area contributed by atoms with Crippen LogP contribution >= 0.6 is 27.3 Å². The first-order chi connectivity index (χ1) is 12.5. The third kappa shape index (κ3) is 2.91. The van der Waals surface area contributed by atoms with E-state index in [1.165, 1.54) is 11.3 Å². The number of halogens is 1. The molecule has 1 aliphatic rings. The number of thiophene rings is 1. The average molecular weight is 435 g/mol. The van der Waals surface area contributed by atoms with E-state index in [0.29, 0.717) is 21.7 Å². The Bertz CT molecular complexity index is 1020. The zero-order valence-corrected chi connectivity index (χ0v) is 17.3. The Hall–Kier alpha value is -1.93. The molecule has 8 heteroatoms. The summed E-state index contributed by atoms with van der Waals surface area (Å²) in [7, 11) is 0. The SMILES string of the molecule is Cc1cnc(N2CCN(c3oc4c(Br)c(C)sc4c(=O)c3C)CC2)nc1. The lowest BCUT2D eigenvalue weighted by molar-refractivity contribution is 0.538. The number of aryl methyl sites for hydroxylation is 2. The molecule has 0 atom stereocenters. The molecule has 3 aromatic rings. The molecule has 136 valence electrons. The average Bonchev–Trinajstić information content (AvgIpc) is 2.94. The quantitative estimate of drug-likeness (QED) is 0.613. The Labute approximate surface area is 163 Å². The fraction of sp³-hybridized carbons (Fsp3) is 0.389. The molecule has 0 aliphatic carbocycles. The number of hydrogen-bond acceptors (Lipinski definition) is 7. The standard InChI is InChI=1S/C18H19BrN4O2S/c1-10-8-20-18(21-9-10)23-6-4-22(5-7-23)17-11(2)14(24)16-15(25-17)13(19)12(3)26-16/h8-9H,4-7H2,1-3H3. The highest BCUT2D eigenvalue weighted by Gasteiger charge is 2.25. The van der Waals surface area contributed by atoms with Crippen LogP contribution in [0.1, 0.15) is 16.0 Å². The van der Waals surface area contributed by atoms with Gasteiger partial charge in [0.15, 0.2) is 5.58 Å². The highest BCUT2D eigenvalue weighted by atomic mass is 79.9. The van der Waals surface area contributed by atoms with Crippen LogP contribution in [-0.2, 0) is 0 Å². The first-order valence-corrected chi connectivity index (χ1v) is 10.1. The van der Waals surface area contributed by atoms with Gasteiger partial charge in [0.25, 0.3) is 0 Å². The second-order valence-electron chi connectivity index (χ2n) is 6.53. The van der Waals surface area contributed by atoms with E-state index < -0.39 is 0 Å². The molecule has 3 aromatic heterocycles. The Morgan fingerprint density at radius 2 is 1.69 bits per heavy atom. The van der Waals surface area contributed by atoms with Crippen LogP contribution in [0, 0.1) is 20.8 Å². The summed E-state index contributed by atoms with van der Waals surface area (Å²) in [5.74, 6) is 1.42. The van der Waals surface area contributed by atoms with Gasteiger partial charge >= 0.3 is 0 Å². The third-order valence-electron chi connectivity index (χ3n) is 4.65. The Morgan fingerprint density at radius 3 is 2.35 bits per heavy atom. The van der Waals surface area contributed by atoms with Crippen LogP contribution < -0.4 is 15.2 Å². The Balaban J connectivity index is 1.61. The Morgan fingerprint density at radius 1 is 1.08 bits per heavy atom. The maximum absolute atomic E-state index is 12.7. The lowest BCUT2D eigenvalue weighted by atomic mass is 10.2. The maximum Gasteiger partial charge on any atom is 0.225 e. The van der Waals surface area contributed by atoms with Crippen molar-refractivity contribution in [1.82, 2.24) is 9.97 Å². The Kier molecular flexibility index (Phi) is 4.48. The molecular formula is C18H19BrN4O2S. The summed E-state index contributed by atoms with van der Waals surface area (Å²) in [4.78, 5) is 26.9. The summed E-state index contributed by atoms with van der Waals surface area (Å²) in [6.45, 7) is 8.90. The topological polar surface area (TPSA) is 62.5 Å². The van der Waals surface area contributed by atoms with E-state index in [1.807, 2.05) is 33.2 Å². The summed E-state index contributed by atoms with van der Waals surface area (Å²) in [6, 6.07) is 0. The molecule has 0 aromatic carbocycles. The van der Waals surface area contributed by atoms with Crippen molar-refractivity contribution in [3.63, 3.8) is 0 Å². The van der Waals surface area contributed by atoms with Gasteiger partial charge in [0.1, 0.15) is 4.70 Å². The maximum atomic E-state index is 12.7. The van der Waals surface area contributed by atoms with Crippen LogP contribution in [0.15, 0.2) is 26.1 Å². The van der Waals surface area contributed by atoms with E-state index in [4.69, 9.17) is 4.42 Å². The fourth-order valence-electron chi connectivity index (χ4n) is 3.15. The van der Waals surface area contributed by atoms with Crippen molar-refractivity contribution in [2.24, 2.45) is 0 Å². The number of fused-ring (bicyclic) bond motifs is 1. The van der Waals surface area contributed by atoms with Gasteiger partial charge in [-0.1, -0.05) is 0 Å². The van der Waals surface area contributed by atoms with E-state index >= 15 is 0 Å². The molecular weight excluding hydrogens is 416 g/mol. The van der Waals surface area contributed by atoms with Gasteiger partial charge in [-0.3, -0.25) is 4.79 Å². The second-order valence-corrected chi connectivity index (χ2v) is 8.54. The van der Waals surface area contributed by atoms with Gasteiger partial charge < -0.3 is 14.2 Å². The van der Waals surface area contributed by atoms with E-state index in [2.05, 4.69) is 35.7 Å². The lowest BCUT2D eigenvalue weighted by Crippen LogP contribution is -2.47. The molecule has 6 nitrogen and oxygen atoms in total. The smallest absolute Gasteiger partial charge is 0.225 e. The number of nitrogens with zero attached hydrogens (tertiary/aromatic N) is 4. The number of rotatable bonds is 2. The van der Waals surface area contributed by atoms with Gasteiger partial charge in [-0.2, -0.15) is 0 Å². The molecule has 0 amide bonds. The third-order valence-corrected chi connectivity index (χ3v) is 6.96. The first-order valence-electron chi connectivity index (χ1n) is 8.46. The minimum absolute atomic E-state index is 0.0596. The first kappa shape index (κ1) is 17.5. The van der Waals surface area contributed by atoms with Crippen molar-refractivity contribution >= 4 is 49.4 Å². The normalized spacial score (nSPS) is 15.1. The predicted octanol–water partition coefficient (Wildman–Crippen LogP) is 3.66. The minimum atomic E-state index is 0.0596. The van der Waals surface area contributed by atoms with E-state index in [-0.39, 0.29) is 5.43 Å². The molecule has 0 N–H and O–H groups in total. The molecule has 0 bridgehead atoms. The van der Waals surface area contributed by atoms with Crippen molar-refractivity contribution < 1.29 is 4.42 Å². The van der Waals surface area contributed by atoms with Crippen LogP contribution in [0.25, 0.3) is 10.3 Å². The van der Waals surface area contributed by atoms with Gasteiger partial charge in [-0.25, -0.2) is 9.97 Å². The number of anilines is 2. The number of hydrogen-bond donors (Lipinski definition) is 0. The fourth-order valence-corrected chi connectivity index (χ4v) is 4.77. The second kappa shape index (κ2) is 6.66. The highest BCUT2D eigenvalue weighted by molar-refractivity contribution is 9.10.